The van der Waals surface area contributed by atoms with Gasteiger partial charge in [-0.15, -0.1) is 0 Å². The van der Waals surface area contributed by atoms with E-state index in [1.54, 1.807) is 50.4 Å². The molecule has 1 heterocycles. The van der Waals surface area contributed by atoms with Gasteiger partial charge in [0, 0.05) is 0 Å². The molecule has 0 amide bonds. The van der Waals surface area contributed by atoms with Crippen molar-refractivity contribution in [1.29, 1.82) is 0 Å². The maximum Gasteiger partial charge on any atom is 0.407 e. The number of carbonyl (C=O) groups excluding carboxylic acids is 2. The van der Waals surface area contributed by atoms with Crippen molar-refractivity contribution in [2.45, 2.75) is 20.0 Å². The van der Waals surface area contributed by atoms with Crippen LogP contribution in [0.4, 0.5) is 0 Å². The summed E-state index contributed by atoms with van der Waals surface area (Å²) in [6.07, 6.45) is 0.0148. The summed E-state index contributed by atoms with van der Waals surface area (Å²) in [7, 11) is 3.02. The van der Waals surface area contributed by atoms with E-state index in [0.717, 1.165) is 5.56 Å². The number of hydrogen-bond donors (Lipinski definition) is 0. The maximum atomic E-state index is 12.9. The molecule has 0 aliphatic heterocycles. The number of nitrogens with zero attached hydrogens (tertiary/aromatic N) is 2. The van der Waals surface area contributed by atoms with Crippen LogP contribution in [-0.2, 0) is 27.3 Å². The predicted octanol–water partition coefficient (Wildman–Crippen LogP) is 2.35. The Labute approximate surface area is 178 Å². The second-order valence-electron chi connectivity index (χ2n) is 6.46. The van der Waals surface area contributed by atoms with Crippen LogP contribution in [0, 0.1) is 5.21 Å². The second kappa shape index (κ2) is 9.75. The van der Waals surface area contributed by atoms with Crippen LogP contribution in [0.25, 0.3) is 11.0 Å². The van der Waals surface area contributed by atoms with Crippen LogP contribution in [0.3, 0.4) is 0 Å². The van der Waals surface area contributed by atoms with Crippen LogP contribution >= 0.6 is 0 Å². The zero-order valence-electron chi connectivity index (χ0n) is 17.4. The van der Waals surface area contributed by atoms with E-state index in [1.807, 2.05) is 0 Å². The molecule has 9 heteroatoms. The van der Waals surface area contributed by atoms with Gasteiger partial charge in [-0.05, 0) is 36.8 Å². The third-order valence-electron chi connectivity index (χ3n) is 4.48. The third-order valence-corrected chi connectivity index (χ3v) is 4.48. The Morgan fingerprint density at radius 2 is 1.68 bits per heavy atom. The molecule has 0 unspecified atom stereocenters. The van der Waals surface area contributed by atoms with E-state index in [1.165, 1.54) is 13.2 Å². The average Bonchev–Trinajstić information content (AvgIpc) is 2.78. The molecule has 0 radical (unpaired) electrons. The molecular weight excluding hydrogens is 404 g/mol. The van der Waals surface area contributed by atoms with Crippen LogP contribution in [0.15, 0.2) is 42.5 Å². The van der Waals surface area contributed by atoms with Crippen molar-refractivity contribution in [1.82, 2.24) is 4.98 Å². The van der Waals surface area contributed by atoms with Crippen LogP contribution in [0.2, 0.25) is 0 Å². The number of benzene rings is 2. The lowest BCUT2D eigenvalue weighted by atomic mass is 10.1. The smallest absolute Gasteiger partial charge is 0.407 e. The summed E-state index contributed by atoms with van der Waals surface area (Å²) in [4.78, 5) is 29.0. The lowest BCUT2D eigenvalue weighted by molar-refractivity contribution is -0.581. The van der Waals surface area contributed by atoms with Gasteiger partial charge in [0.25, 0.3) is 0 Å². The molecule has 31 heavy (non-hydrogen) atoms. The van der Waals surface area contributed by atoms with E-state index in [0.29, 0.717) is 21.7 Å². The quantitative estimate of drug-likeness (QED) is 0.307. The van der Waals surface area contributed by atoms with Crippen molar-refractivity contribution in [2.75, 3.05) is 20.8 Å². The molecule has 0 spiro atoms. The highest BCUT2D eigenvalue weighted by molar-refractivity contribution is 5.88. The van der Waals surface area contributed by atoms with Gasteiger partial charge in [0.1, 0.15) is 23.6 Å². The van der Waals surface area contributed by atoms with E-state index in [9.17, 15) is 14.8 Å². The second-order valence-corrected chi connectivity index (χ2v) is 6.46. The normalized spacial score (nSPS) is 10.5. The Hall–Kier alpha value is -3.88. The summed E-state index contributed by atoms with van der Waals surface area (Å²) in [5, 5.41) is 12.9. The topological polar surface area (TPSA) is 111 Å². The minimum Gasteiger partial charge on any atom is -0.618 e. The minimum absolute atomic E-state index is 0.00852. The first-order chi connectivity index (χ1) is 15.0. The Kier molecular flexibility index (Phi) is 6.86. The highest BCUT2D eigenvalue weighted by Crippen LogP contribution is 2.19. The predicted molar refractivity (Wildman–Crippen MR) is 110 cm³/mol. The first-order valence-corrected chi connectivity index (χ1v) is 9.52. The van der Waals surface area contributed by atoms with Crippen LogP contribution < -0.4 is 14.2 Å². The number of rotatable bonds is 8. The van der Waals surface area contributed by atoms with E-state index < -0.39 is 11.9 Å². The molecule has 3 aromatic rings. The van der Waals surface area contributed by atoms with E-state index >= 15 is 0 Å². The van der Waals surface area contributed by atoms with Crippen LogP contribution in [0.1, 0.15) is 28.7 Å². The summed E-state index contributed by atoms with van der Waals surface area (Å²) in [5.41, 5.74) is 0.865. The van der Waals surface area contributed by atoms with Gasteiger partial charge in [0.15, 0.2) is 5.69 Å². The molecule has 1 aromatic heterocycles. The van der Waals surface area contributed by atoms with Gasteiger partial charge in [-0.25, -0.2) is 9.78 Å². The number of ether oxygens (including phenoxy) is 4. The summed E-state index contributed by atoms with van der Waals surface area (Å²) in [5.74, 6) is -0.273. The van der Waals surface area contributed by atoms with Crippen LogP contribution in [-0.4, -0.2) is 37.7 Å². The van der Waals surface area contributed by atoms with Gasteiger partial charge in [0.05, 0.1) is 33.3 Å². The van der Waals surface area contributed by atoms with Gasteiger partial charge in [0.2, 0.25) is 5.52 Å². The van der Waals surface area contributed by atoms with Gasteiger partial charge < -0.3 is 24.2 Å². The number of carbonyl (C=O) groups is 2. The summed E-state index contributed by atoms with van der Waals surface area (Å²) < 4.78 is 20.9. The fourth-order valence-corrected chi connectivity index (χ4v) is 2.93. The molecule has 0 bridgehead atoms. The highest BCUT2D eigenvalue weighted by atomic mass is 16.5. The lowest BCUT2D eigenvalue weighted by Crippen LogP contribution is -2.39. The number of fused-ring (bicyclic) bond motifs is 1. The first kappa shape index (κ1) is 21.8. The molecule has 0 aliphatic carbocycles. The molecule has 0 fully saturated rings. The summed E-state index contributed by atoms with van der Waals surface area (Å²) in [6, 6.07) is 11.7. The molecule has 0 saturated carbocycles. The monoisotopic (exact) mass is 426 g/mol. The van der Waals surface area contributed by atoms with Crippen molar-refractivity contribution in [3.8, 4) is 11.5 Å². The minimum atomic E-state index is -0.851. The van der Waals surface area contributed by atoms with Gasteiger partial charge in [-0.3, -0.25) is 4.79 Å². The molecule has 0 aliphatic rings. The van der Waals surface area contributed by atoms with Crippen molar-refractivity contribution in [2.24, 2.45) is 0 Å². The third kappa shape index (κ3) is 5.00. The maximum absolute atomic E-state index is 12.9. The first-order valence-electron chi connectivity index (χ1n) is 9.52. The number of methoxy groups -OCH3 is 2. The van der Waals surface area contributed by atoms with Crippen molar-refractivity contribution in [3.05, 3.63) is 64.6 Å². The van der Waals surface area contributed by atoms with Crippen molar-refractivity contribution >= 4 is 23.0 Å². The average molecular weight is 426 g/mol. The van der Waals surface area contributed by atoms with Crippen molar-refractivity contribution < 1.29 is 33.3 Å². The zero-order valence-corrected chi connectivity index (χ0v) is 17.4. The summed E-state index contributed by atoms with van der Waals surface area (Å²) in [6.45, 7) is 1.35. The highest BCUT2D eigenvalue weighted by Gasteiger charge is 2.28. The Morgan fingerprint density at radius 1 is 1.00 bits per heavy atom. The molecule has 2 aromatic carbocycles. The van der Waals surface area contributed by atoms with Crippen LogP contribution in [0.5, 0.6) is 11.5 Å². The molecule has 162 valence electrons. The lowest BCUT2D eigenvalue weighted by Gasteiger charge is -2.12. The molecule has 3 rings (SSSR count). The number of hydrogen-bond acceptors (Lipinski definition) is 8. The standard InChI is InChI=1S/C22H22N2O7/c1-4-30-22(26)21-18(23-17-10-9-16(29-3)12-19(17)24(21)27)13-31-20(25)11-14-5-7-15(28-2)8-6-14/h5-10,12H,4,11,13H2,1-3H3. The largest absolute Gasteiger partial charge is 0.618 e. The molecule has 0 saturated heterocycles. The number of aromatic nitrogens is 2. The SMILES string of the molecule is CCOC(=O)c1c(COC(=O)Cc2ccc(OC)cc2)nc2ccc(OC)cc2[n+]1[O-]. The fraction of sp³-hybridized carbons (Fsp3) is 0.273. The van der Waals surface area contributed by atoms with Gasteiger partial charge in [-0.1, -0.05) is 12.1 Å². The van der Waals surface area contributed by atoms with E-state index in [4.69, 9.17) is 18.9 Å². The molecule has 9 nitrogen and oxygen atoms in total. The Morgan fingerprint density at radius 3 is 2.32 bits per heavy atom. The Balaban J connectivity index is 1.86. The van der Waals surface area contributed by atoms with E-state index in [2.05, 4.69) is 4.98 Å². The van der Waals surface area contributed by atoms with Gasteiger partial charge in [-0.2, -0.15) is 4.73 Å². The summed E-state index contributed by atoms with van der Waals surface area (Å²) >= 11 is 0. The zero-order chi connectivity index (χ0) is 22.4. The van der Waals surface area contributed by atoms with Crippen molar-refractivity contribution in [3.63, 3.8) is 0 Å². The van der Waals surface area contributed by atoms with Gasteiger partial charge >= 0.3 is 17.6 Å². The Bertz CT molecular complexity index is 1100. The van der Waals surface area contributed by atoms with E-state index in [-0.39, 0.29) is 36.5 Å². The number of esters is 2. The fourth-order valence-electron chi connectivity index (χ4n) is 2.93. The molecule has 0 N–H and O–H groups in total. The molecular formula is C22H22N2O7. The molecule has 0 atom stereocenters.